The van der Waals surface area contributed by atoms with Crippen molar-refractivity contribution < 1.29 is 12.8 Å². The van der Waals surface area contributed by atoms with Gasteiger partial charge in [-0.15, -0.1) is 6.42 Å². The molecule has 3 nitrogen and oxygen atoms in total. The lowest BCUT2D eigenvalue weighted by Crippen LogP contribution is -2.12. The second kappa shape index (κ2) is 4.54. The molecule has 0 aliphatic rings. The Morgan fingerprint density at radius 3 is 2.56 bits per heavy atom. The predicted octanol–water partition coefficient (Wildman–Crippen LogP) is 1.74. The minimum atomic E-state index is -3.54. The molecule has 0 unspecified atom stereocenters. The highest BCUT2D eigenvalue weighted by molar-refractivity contribution is 7.92. The first kappa shape index (κ1) is 12.5. The van der Waals surface area contributed by atoms with Crippen molar-refractivity contribution in [1.29, 1.82) is 0 Å². The number of sulfonamides is 1. The van der Waals surface area contributed by atoms with Gasteiger partial charge in [-0.05, 0) is 24.1 Å². The van der Waals surface area contributed by atoms with Gasteiger partial charge >= 0.3 is 0 Å². The number of hydrogen-bond donors (Lipinski definition) is 1. The van der Waals surface area contributed by atoms with E-state index >= 15 is 0 Å². The predicted molar refractivity (Wildman–Crippen MR) is 62.2 cm³/mol. The van der Waals surface area contributed by atoms with Crippen molar-refractivity contribution in [3.8, 4) is 12.3 Å². The van der Waals surface area contributed by atoms with E-state index in [9.17, 15) is 12.8 Å². The van der Waals surface area contributed by atoms with Crippen molar-refractivity contribution in [1.82, 2.24) is 0 Å². The van der Waals surface area contributed by atoms with Crippen LogP contribution in [0.1, 0.15) is 18.1 Å². The van der Waals surface area contributed by atoms with Crippen LogP contribution in [0.2, 0.25) is 0 Å². The third kappa shape index (κ3) is 2.97. The van der Waals surface area contributed by atoms with Gasteiger partial charge in [-0.2, -0.15) is 0 Å². The summed E-state index contributed by atoms with van der Waals surface area (Å²) in [4.78, 5) is 0. The second-order valence-electron chi connectivity index (χ2n) is 3.37. The van der Waals surface area contributed by atoms with Crippen LogP contribution in [0.5, 0.6) is 0 Å². The fourth-order valence-electron chi connectivity index (χ4n) is 1.27. The Bertz CT molecular complexity index is 544. The zero-order chi connectivity index (χ0) is 12.3. The molecule has 1 aromatic rings. The average Bonchev–Trinajstić information content (AvgIpc) is 2.19. The van der Waals surface area contributed by atoms with Crippen LogP contribution in [0.4, 0.5) is 10.1 Å². The normalized spacial score (nSPS) is 10.9. The van der Waals surface area contributed by atoms with E-state index in [1.165, 1.54) is 6.07 Å². The van der Waals surface area contributed by atoms with Crippen LogP contribution in [-0.2, 0) is 16.4 Å². The Labute approximate surface area is 94.7 Å². The zero-order valence-electron chi connectivity index (χ0n) is 9.04. The monoisotopic (exact) mass is 241 g/mol. The molecule has 0 radical (unpaired) electrons. The van der Waals surface area contributed by atoms with Crippen LogP contribution in [-0.4, -0.2) is 14.7 Å². The molecule has 1 N–H and O–H groups in total. The van der Waals surface area contributed by atoms with Crippen LogP contribution in [0.15, 0.2) is 12.1 Å². The van der Waals surface area contributed by atoms with Crippen molar-refractivity contribution in [2.75, 3.05) is 11.0 Å². The maximum Gasteiger partial charge on any atom is 0.229 e. The van der Waals surface area contributed by atoms with Crippen molar-refractivity contribution in [3.63, 3.8) is 0 Å². The Morgan fingerprint density at radius 1 is 1.50 bits per heavy atom. The molecule has 86 valence electrons. The number of anilines is 1. The smallest absolute Gasteiger partial charge is 0.229 e. The van der Waals surface area contributed by atoms with Gasteiger partial charge in [-0.3, -0.25) is 4.72 Å². The molecule has 0 atom stereocenters. The summed E-state index contributed by atoms with van der Waals surface area (Å²) < 4.78 is 37.7. The molecule has 0 aliphatic carbocycles. The molecular formula is C11H12FNO2S. The summed E-state index contributed by atoms with van der Waals surface area (Å²) in [5, 5.41) is 0. The van der Waals surface area contributed by atoms with E-state index in [2.05, 4.69) is 10.6 Å². The lowest BCUT2D eigenvalue weighted by Gasteiger charge is -2.09. The van der Waals surface area contributed by atoms with E-state index in [1.807, 2.05) is 6.92 Å². The molecule has 5 heteroatoms. The maximum absolute atomic E-state index is 13.6. The van der Waals surface area contributed by atoms with Gasteiger partial charge in [0.2, 0.25) is 10.0 Å². The Hall–Kier alpha value is -1.54. The molecule has 1 rings (SSSR count). The van der Waals surface area contributed by atoms with E-state index in [-0.39, 0.29) is 11.3 Å². The summed E-state index contributed by atoms with van der Waals surface area (Å²) in [5.41, 5.74) is 0.772. The van der Waals surface area contributed by atoms with Crippen LogP contribution >= 0.6 is 0 Å². The van der Waals surface area contributed by atoms with Gasteiger partial charge in [0, 0.05) is 0 Å². The summed E-state index contributed by atoms with van der Waals surface area (Å²) in [7, 11) is -3.54. The summed E-state index contributed by atoms with van der Waals surface area (Å²) in [6.45, 7) is 1.86. The van der Waals surface area contributed by atoms with Crippen molar-refractivity contribution in [3.05, 3.63) is 29.1 Å². The number of nitrogens with one attached hydrogen (secondary N) is 1. The molecule has 1 aromatic carbocycles. The van der Waals surface area contributed by atoms with E-state index in [0.717, 1.165) is 11.8 Å². The molecule has 0 saturated heterocycles. The quantitative estimate of drug-likeness (QED) is 0.819. The fraction of sp³-hybridized carbons (Fsp3) is 0.273. The van der Waals surface area contributed by atoms with Crippen LogP contribution in [0.25, 0.3) is 0 Å². The van der Waals surface area contributed by atoms with E-state index in [4.69, 9.17) is 6.42 Å². The highest BCUT2D eigenvalue weighted by atomic mass is 32.2. The van der Waals surface area contributed by atoms with Gasteiger partial charge in [0.05, 0.1) is 17.5 Å². The van der Waals surface area contributed by atoms with Gasteiger partial charge in [0.1, 0.15) is 5.82 Å². The lowest BCUT2D eigenvalue weighted by molar-refractivity contribution is 0.603. The number of benzene rings is 1. The molecule has 16 heavy (non-hydrogen) atoms. The third-order valence-electron chi connectivity index (χ3n) is 2.00. The Balaban J connectivity index is 3.34. The number of hydrogen-bond acceptors (Lipinski definition) is 2. The number of rotatable bonds is 3. The summed E-state index contributed by atoms with van der Waals surface area (Å²) >= 11 is 0. The summed E-state index contributed by atoms with van der Waals surface area (Å²) in [6.07, 6.45) is 6.79. The molecule has 0 fully saturated rings. The second-order valence-corrected chi connectivity index (χ2v) is 5.12. The highest BCUT2D eigenvalue weighted by Crippen LogP contribution is 2.22. The van der Waals surface area contributed by atoms with E-state index < -0.39 is 15.8 Å². The minimum Gasteiger partial charge on any atom is -0.280 e. The number of halogens is 1. The van der Waals surface area contributed by atoms with Gasteiger partial charge < -0.3 is 0 Å². The first-order chi connectivity index (χ1) is 7.37. The van der Waals surface area contributed by atoms with Crippen LogP contribution in [0, 0.1) is 18.2 Å². The number of terminal acetylenes is 1. The fourth-order valence-corrected chi connectivity index (χ4v) is 1.85. The minimum absolute atomic E-state index is 0.165. The molecular weight excluding hydrogens is 229 g/mol. The molecule has 0 spiro atoms. The van der Waals surface area contributed by atoms with Crippen molar-refractivity contribution in [2.45, 2.75) is 13.3 Å². The van der Waals surface area contributed by atoms with Crippen LogP contribution in [0.3, 0.4) is 0 Å². The topological polar surface area (TPSA) is 46.2 Å². The highest BCUT2D eigenvalue weighted by Gasteiger charge is 2.12. The summed E-state index contributed by atoms with van der Waals surface area (Å²) in [6, 6.07) is 2.87. The van der Waals surface area contributed by atoms with Crippen molar-refractivity contribution in [2.24, 2.45) is 0 Å². The van der Waals surface area contributed by atoms with Gasteiger partial charge in [-0.25, -0.2) is 12.8 Å². The van der Waals surface area contributed by atoms with E-state index in [0.29, 0.717) is 6.42 Å². The SMILES string of the molecule is C#Cc1cc(CC)cc(F)c1NS(C)(=O)=O. The van der Waals surface area contributed by atoms with Gasteiger partial charge in [0.25, 0.3) is 0 Å². The zero-order valence-corrected chi connectivity index (χ0v) is 9.86. The van der Waals surface area contributed by atoms with Crippen LogP contribution < -0.4 is 4.72 Å². The first-order valence-electron chi connectivity index (χ1n) is 4.64. The van der Waals surface area contributed by atoms with E-state index in [1.54, 1.807) is 6.07 Å². The molecule has 0 bridgehead atoms. The number of aryl methyl sites for hydroxylation is 1. The first-order valence-corrected chi connectivity index (χ1v) is 6.53. The molecule has 0 aromatic heterocycles. The lowest BCUT2D eigenvalue weighted by atomic mass is 10.1. The standard InChI is InChI=1S/C11H12FNO2S/c1-4-8-6-9(5-2)11(10(12)7-8)13-16(3,14)15/h2,6-7,13H,4H2,1,3H3. The molecule has 0 amide bonds. The summed E-state index contributed by atoms with van der Waals surface area (Å²) in [5.74, 6) is 1.61. The Morgan fingerprint density at radius 2 is 2.12 bits per heavy atom. The van der Waals surface area contributed by atoms with Crippen molar-refractivity contribution >= 4 is 15.7 Å². The maximum atomic E-state index is 13.6. The Kier molecular flexibility index (Phi) is 3.55. The third-order valence-corrected chi connectivity index (χ3v) is 2.58. The average molecular weight is 241 g/mol. The largest absolute Gasteiger partial charge is 0.280 e. The molecule has 0 saturated carbocycles. The molecule has 0 heterocycles. The van der Waals surface area contributed by atoms with Gasteiger partial charge in [0.15, 0.2) is 0 Å². The van der Waals surface area contributed by atoms with Gasteiger partial charge in [-0.1, -0.05) is 12.8 Å². The molecule has 0 aliphatic heterocycles.